The highest BCUT2D eigenvalue weighted by Gasteiger charge is 2.16. The van der Waals surface area contributed by atoms with Crippen LogP contribution in [0.15, 0.2) is 52.7 Å². The number of hydrogen-bond acceptors (Lipinski definition) is 9. The fourth-order valence-electron chi connectivity index (χ4n) is 3.20. The molecule has 4 aromatic rings. The molecule has 1 atom stereocenters. The number of oxazole rings is 1. The second kappa shape index (κ2) is 11.0. The second-order valence-electron chi connectivity index (χ2n) is 7.31. The van der Waals surface area contributed by atoms with Crippen LogP contribution >= 0.6 is 11.8 Å². The number of anilines is 2. The first-order valence-electron chi connectivity index (χ1n) is 10.3. The molecule has 0 amide bonds. The van der Waals surface area contributed by atoms with Crippen molar-refractivity contribution >= 4 is 39.5 Å². The maximum absolute atomic E-state index is 14.4. The number of nitrogens with one attached hydrogen (secondary N) is 1. The minimum atomic E-state index is -1.03. The summed E-state index contributed by atoms with van der Waals surface area (Å²) in [7, 11) is 0. The summed E-state index contributed by atoms with van der Waals surface area (Å²) in [4.78, 5) is 20.4. The number of pyridine rings is 1. The zero-order chi connectivity index (χ0) is 24.8. The predicted octanol–water partition coefficient (Wildman–Crippen LogP) is 4.52. The van der Waals surface area contributed by atoms with E-state index in [-0.39, 0.29) is 40.6 Å². The lowest BCUT2D eigenvalue weighted by atomic mass is 10.1. The Morgan fingerprint density at radius 1 is 1.29 bits per heavy atom. The van der Waals surface area contributed by atoms with E-state index in [1.807, 2.05) is 0 Å². The first kappa shape index (κ1) is 24.3. The molecule has 1 aromatic carbocycles. The lowest BCUT2D eigenvalue weighted by Crippen LogP contribution is -2.14. The van der Waals surface area contributed by atoms with Gasteiger partial charge in [-0.3, -0.25) is 0 Å². The third kappa shape index (κ3) is 6.18. The Morgan fingerprint density at radius 2 is 2.14 bits per heavy atom. The number of halogens is 3. The number of aromatic nitrogens is 4. The third-order valence-electron chi connectivity index (χ3n) is 4.70. The summed E-state index contributed by atoms with van der Waals surface area (Å²) in [6.07, 6.45) is 5.83. The van der Waals surface area contributed by atoms with Crippen LogP contribution in [0.4, 0.5) is 24.7 Å². The van der Waals surface area contributed by atoms with Crippen LogP contribution in [-0.4, -0.2) is 37.2 Å². The van der Waals surface area contributed by atoms with E-state index < -0.39 is 18.4 Å². The van der Waals surface area contributed by atoms with Gasteiger partial charge in [0.25, 0.3) is 0 Å². The van der Waals surface area contributed by atoms with Crippen molar-refractivity contribution < 1.29 is 22.3 Å². The van der Waals surface area contributed by atoms with Crippen molar-refractivity contribution in [2.75, 3.05) is 12.1 Å². The summed E-state index contributed by atoms with van der Waals surface area (Å²) >= 11 is 1.08. The van der Waals surface area contributed by atoms with E-state index in [2.05, 4.69) is 30.2 Å². The maximum atomic E-state index is 14.4. The fraction of sp³-hybridized carbons (Fsp3) is 0.227. The molecule has 0 saturated heterocycles. The zero-order valence-corrected chi connectivity index (χ0v) is 19.2. The first-order valence-corrected chi connectivity index (χ1v) is 11.2. The predicted molar refractivity (Wildman–Crippen MR) is 126 cm³/mol. The van der Waals surface area contributed by atoms with Gasteiger partial charge < -0.3 is 20.2 Å². The smallest absolute Gasteiger partial charge is 0.233 e. The lowest BCUT2D eigenvalue weighted by molar-refractivity contribution is 0.289. The number of fused-ring (bicyclic) bond motifs is 1. The average molecular weight is 504 g/mol. The van der Waals surface area contributed by atoms with Crippen LogP contribution in [0.5, 0.6) is 5.88 Å². The van der Waals surface area contributed by atoms with Crippen LogP contribution in [0.1, 0.15) is 18.2 Å². The first-order chi connectivity index (χ1) is 16.9. The van der Waals surface area contributed by atoms with Crippen molar-refractivity contribution in [2.24, 2.45) is 10.7 Å². The minimum absolute atomic E-state index is 0.0399. The number of ether oxygens (including phenoxy) is 1. The summed E-state index contributed by atoms with van der Waals surface area (Å²) in [5.74, 6) is -1.42. The summed E-state index contributed by atoms with van der Waals surface area (Å²) < 4.78 is 51.6. The summed E-state index contributed by atoms with van der Waals surface area (Å²) in [6.45, 7) is 0.976. The quantitative estimate of drug-likeness (QED) is 0.193. The standard InChI is InChI=1S/C22H20F3N7O2S/c1-12(35-22(26)29-10-23)4-13-5-14(6-16(24)19(13)25)31-21-20-17(2-3-27-21)32-18(7-28-20)34-9-15-8-33-11-30-15/h2-3,5-8,11-12H,4,9-10H2,1H3,(H2,26,29)(H,27,31)/t12-/m1/s1. The Labute approximate surface area is 202 Å². The molecule has 0 radical (unpaired) electrons. The molecule has 3 aromatic heterocycles. The topological polar surface area (TPSA) is 124 Å². The Bertz CT molecular complexity index is 1340. The van der Waals surface area contributed by atoms with Crippen molar-refractivity contribution in [1.29, 1.82) is 0 Å². The van der Waals surface area contributed by atoms with Gasteiger partial charge in [-0.05, 0) is 24.1 Å². The highest BCUT2D eigenvalue weighted by atomic mass is 32.2. The van der Waals surface area contributed by atoms with Crippen LogP contribution in [0.25, 0.3) is 11.0 Å². The highest BCUT2D eigenvalue weighted by Crippen LogP contribution is 2.27. The van der Waals surface area contributed by atoms with Crippen molar-refractivity contribution in [3.63, 3.8) is 0 Å². The SMILES string of the molecule is C[C@H](Cc1cc(Nc2nccc3nc(OCc4cocn4)cnc23)cc(F)c1F)S/C(N)=N\CF. The largest absolute Gasteiger partial charge is 0.470 e. The van der Waals surface area contributed by atoms with E-state index in [1.54, 1.807) is 13.0 Å². The number of benzene rings is 1. The Kier molecular flexibility index (Phi) is 7.65. The average Bonchev–Trinajstić information content (AvgIpc) is 3.35. The van der Waals surface area contributed by atoms with Crippen LogP contribution in [0.2, 0.25) is 0 Å². The van der Waals surface area contributed by atoms with Crippen LogP contribution in [-0.2, 0) is 13.0 Å². The molecule has 0 aliphatic rings. The number of hydrogen-bond donors (Lipinski definition) is 2. The van der Waals surface area contributed by atoms with Gasteiger partial charge in [-0.15, -0.1) is 0 Å². The molecular weight excluding hydrogens is 483 g/mol. The Hall–Kier alpha value is -3.87. The van der Waals surface area contributed by atoms with E-state index >= 15 is 0 Å². The van der Waals surface area contributed by atoms with Gasteiger partial charge in [-0.25, -0.2) is 38.1 Å². The number of nitrogens with zero attached hydrogens (tertiary/aromatic N) is 5. The number of alkyl halides is 1. The molecule has 0 unspecified atom stereocenters. The fourth-order valence-corrected chi connectivity index (χ4v) is 4.00. The van der Waals surface area contributed by atoms with E-state index in [9.17, 15) is 13.2 Å². The molecule has 0 bridgehead atoms. The number of nitrogens with two attached hydrogens (primary N) is 1. The molecule has 0 fully saturated rings. The van der Waals surface area contributed by atoms with Gasteiger partial charge in [0.15, 0.2) is 35.8 Å². The number of aliphatic imine (C=N–C) groups is 1. The monoisotopic (exact) mass is 503 g/mol. The zero-order valence-electron chi connectivity index (χ0n) is 18.4. The molecule has 3 heterocycles. The number of rotatable bonds is 9. The number of thioether (sulfide) groups is 1. The molecule has 0 aliphatic heterocycles. The minimum Gasteiger partial charge on any atom is -0.470 e. The van der Waals surface area contributed by atoms with E-state index in [0.717, 1.165) is 17.8 Å². The van der Waals surface area contributed by atoms with Crippen LogP contribution < -0.4 is 15.8 Å². The van der Waals surface area contributed by atoms with Crippen molar-refractivity contribution in [3.05, 3.63) is 66.1 Å². The molecular formula is C22H20F3N7O2S. The molecule has 3 N–H and O–H groups in total. The van der Waals surface area contributed by atoms with Crippen molar-refractivity contribution in [2.45, 2.75) is 25.2 Å². The van der Waals surface area contributed by atoms with Gasteiger partial charge in [0.2, 0.25) is 5.88 Å². The van der Waals surface area contributed by atoms with Gasteiger partial charge >= 0.3 is 0 Å². The molecule has 13 heteroatoms. The molecule has 9 nitrogen and oxygen atoms in total. The van der Waals surface area contributed by atoms with Gasteiger partial charge in [-0.1, -0.05) is 18.7 Å². The van der Waals surface area contributed by atoms with Crippen molar-refractivity contribution in [1.82, 2.24) is 19.9 Å². The third-order valence-corrected chi connectivity index (χ3v) is 5.64. The molecule has 0 saturated carbocycles. The van der Waals surface area contributed by atoms with Gasteiger partial charge in [-0.2, -0.15) is 0 Å². The van der Waals surface area contributed by atoms with E-state index in [1.165, 1.54) is 31.1 Å². The second-order valence-corrected chi connectivity index (χ2v) is 8.77. The lowest BCUT2D eigenvalue weighted by Gasteiger charge is -2.14. The highest BCUT2D eigenvalue weighted by molar-refractivity contribution is 8.14. The normalized spacial score (nSPS) is 12.6. The van der Waals surface area contributed by atoms with Gasteiger partial charge in [0.1, 0.15) is 24.1 Å². The molecule has 4 rings (SSSR count). The molecule has 0 spiro atoms. The molecule has 182 valence electrons. The van der Waals surface area contributed by atoms with Crippen LogP contribution in [0.3, 0.4) is 0 Å². The van der Waals surface area contributed by atoms with E-state index in [0.29, 0.717) is 22.5 Å². The molecule has 35 heavy (non-hydrogen) atoms. The Morgan fingerprint density at radius 3 is 2.91 bits per heavy atom. The van der Waals surface area contributed by atoms with E-state index in [4.69, 9.17) is 14.9 Å². The summed E-state index contributed by atoms with van der Waals surface area (Å²) in [5.41, 5.74) is 7.49. The van der Waals surface area contributed by atoms with Crippen molar-refractivity contribution in [3.8, 4) is 5.88 Å². The summed E-state index contributed by atoms with van der Waals surface area (Å²) in [6, 6.07) is 4.15. The van der Waals surface area contributed by atoms with Crippen LogP contribution in [0, 0.1) is 11.6 Å². The molecule has 0 aliphatic carbocycles. The summed E-state index contributed by atoms with van der Waals surface area (Å²) in [5, 5.41) is 2.74. The van der Waals surface area contributed by atoms with Gasteiger partial charge in [0, 0.05) is 23.2 Å². The maximum Gasteiger partial charge on any atom is 0.233 e. The van der Waals surface area contributed by atoms with Gasteiger partial charge in [0.05, 0.1) is 11.7 Å². The number of amidine groups is 1. The Balaban J connectivity index is 1.53.